The second kappa shape index (κ2) is 10.4. The van der Waals surface area contributed by atoms with Gasteiger partial charge in [-0.25, -0.2) is 23.5 Å². The largest absolute Gasteiger partial charge is 0.395 e. The first-order chi connectivity index (χ1) is 14.9. The highest BCUT2D eigenvalue weighted by molar-refractivity contribution is 7.98. The SMILES string of the molecule is CSc1c(Cl)nc(-c2ccc(NC(=O)Nc3ccc(F)c(F)c3)cc2)nc1NCCO. The fourth-order valence-electron chi connectivity index (χ4n) is 2.60. The number of aromatic nitrogens is 2. The second-order valence-corrected chi connectivity index (χ2v) is 7.33. The summed E-state index contributed by atoms with van der Waals surface area (Å²) in [7, 11) is 0. The van der Waals surface area contributed by atoms with Crippen LogP contribution >= 0.6 is 23.4 Å². The van der Waals surface area contributed by atoms with Gasteiger partial charge in [-0.3, -0.25) is 0 Å². The smallest absolute Gasteiger partial charge is 0.323 e. The first kappa shape index (κ1) is 22.7. The third-order valence-corrected chi connectivity index (χ3v) is 5.19. The highest BCUT2D eigenvalue weighted by atomic mass is 35.5. The second-order valence-electron chi connectivity index (χ2n) is 6.16. The molecule has 0 radical (unpaired) electrons. The summed E-state index contributed by atoms with van der Waals surface area (Å²) in [5.41, 5.74) is 1.25. The number of carbonyl (C=O) groups is 1. The standard InChI is InChI=1S/C20H18ClF2N5O2S/c1-31-16-17(21)27-18(28-19(16)24-8-9-29)11-2-4-12(5-3-11)25-20(30)26-13-6-7-14(22)15(23)10-13/h2-7,10,29H,8-9H2,1H3,(H,24,27,28)(H2,25,26,30). The maximum atomic E-state index is 13.2. The molecule has 11 heteroatoms. The molecule has 1 heterocycles. The van der Waals surface area contributed by atoms with Gasteiger partial charge in [-0.05, 0) is 42.7 Å². The minimum atomic E-state index is -1.05. The highest BCUT2D eigenvalue weighted by Crippen LogP contribution is 2.32. The zero-order valence-corrected chi connectivity index (χ0v) is 17.8. The Kier molecular flexibility index (Phi) is 7.61. The number of hydrogen-bond donors (Lipinski definition) is 4. The summed E-state index contributed by atoms with van der Waals surface area (Å²) in [5, 5.41) is 17.4. The van der Waals surface area contributed by atoms with Crippen molar-refractivity contribution in [1.29, 1.82) is 0 Å². The lowest BCUT2D eigenvalue weighted by Gasteiger charge is -2.12. The monoisotopic (exact) mass is 465 g/mol. The lowest BCUT2D eigenvalue weighted by atomic mass is 10.2. The third kappa shape index (κ3) is 5.81. The number of rotatable bonds is 7. The van der Waals surface area contributed by atoms with Crippen molar-refractivity contribution in [2.24, 2.45) is 0 Å². The summed E-state index contributed by atoms with van der Waals surface area (Å²) in [6.45, 7) is 0.258. The topological polar surface area (TPSA) is 99.2 Å². The number of nitrogens with zero attached hydrogens (tertiary/aromatic N) is 2. The van der Waals surface area contributed by atoms with Gasteiger partial charge in [0.1, 0.15) is 11.0 Å². The van der Waals surface area contributed by atoms with E-state index in [1.807, 2.05) is 6.26 Å². The molecule has 3 aromatic rings. The molecule has 0 unspecified atom stereocenters. The van der Waals surface area contributed by atoms with Crippen molar-refractivity contribution >= 4 is 46.6 Å². The van der Waals surface area contributed by atoms with Crippen molar-refractivity contribution in [3.63, 3.8) is 0 Å². The van der Waals surface area contributed by atoms with Crippen LogP contribution in [0.1, 0.15) is 0 Å². The fourth-order valence-corrected chi connectivity index (χ4v) is 3.52. The molecule has 0 atom stereocenters. The van der Waals surface area contributed by atoms with Gasteiger partial charge in [-0.15, -0.1) is 11.8 Å². The number of urea groups is 1. The van der Waals surface area contributed by atoms with Crippen LogP contribution in [0.2, 0.25) is 5.15 Å². The number of benzene rings is 2. The van der Waals surface area contributed by atoms with Gasteiger partial charge in [0.15, 0.2) is 17.5 Å². The Morgan fingerprint density at radius 2 is 1.74 bits per heavy atom. The first-order valence-corrected chi connectivity index (χ1v) is 10.6. The molecule has 0 saturated carbocycles. The minimum absolute atomic E-state index is 0.0578. The molecule has 0 spiro atoms. The summed E-state index contributed by atoms with van der Waals surface area (Å²) in [5.74, 6) is -1.16. The molecule has 3 rings (SSSR count). The summed E-state index contributed by atoms with van der Waals surface area (Å²) in [6, 6.07) is 9.14. The molecule has 162 valence electrons. The number of amides is 2. The van der Waals surface area contributed by atoms with Gasteiger partial charge in [0.2, 0.25) is 0 Å². The molecule has 4 N–H and O–H groups in total. The maximum absolute atomic E-state index is 13.2. The Morgan fingerprint density at radius 3 is 2.39 bits per heavy atom. The van der Waals surface area contributed by atoms with Gasteiger partial charge in [0.25, 0.3) is 0 Å². The first-order valence-electron chi connectivity index (χ1n) is 9.01. The van der Waals surface area contributed by atoms with E-state index in [4.69, 9.17) is 16.7 Å². The van der Waals surface area contributed by atoms with E-state index in [-0.39, 0.29) is 17.4 Å². The summed E-state index contributed by atoms with van der Waals surface area (Å²) < 4.78 is 26.2. The van der Waals surface area contributed by atoms with Gasteiger partial charge in [-0.1, -0.05) is 11.6 Å². The number of anilines is 3. The number of thioether (sulfide) groups is 1. The van der Waals surface area contributed by atoms with E-state index in [9.17, 15) is 13.6 Å². The van der Waals surface area contributed by atoms with Crippen LogP contribution in [0.5, 0.6) is 0 Å². The average molecular weight is 466 g/mol. The zero-order chi connectivity index (χ0) is 22.4. The number of aliphatic hydroxyl groups excluding tert-OH is 1. The van der Waals surface area contributed by atoms with Crippen LogP contribution in [-0.2, 0) is 0 Å². The summed E-state index contributed by atoms with van der Waals surface area (Å²) in [4.78, 5) is 21.5. The van der Waals surface area contributed by atoms with Crippen LogP contribution < -0.4 is 16.0 Å². The summed E-state index contributed by atoms with van der Waals surface area (Å²) in [6.07, 6.45) is 1.85. The number of nitrogens with one attached hydrogen (secondary N) is 3. The third-order valence-electron chi connectivity index (χ3n) is 4.01. The van der Waals surface area contributed by atoms with E-state index >= 15 is 0 Å². The molecule has 1 aromatic heterocycles. The van der Waals surface area contributed by atoms with E-state index < -0.39 is 17.7 Å². The van der Waals surface area contributed by atoms with Crippen molar-refractivity contribution in [2.45, 2.75) is 4.90 Å². The van der Waals surface area contributed by atoms with Crippen LogP contribution in [0.4, 0.5) is 30.8 Å². The average Bonchev–Trinajstić information content (AvgIpc) is 2.75. The van der Waals surface area contributed by atoms with Gasteiger partial charge >= 0.3 is 6.03 Å². The van der Waals surface area contributed by atoms with E-state index in [1.165, 1.54) is 17.8 Å². The molecular weight excluding hydrogens is 448 g/mol. The Morgan fingerprint density at radius 1 is 1.06 bits per heavy atom. The highest BCUT2D eigenvalue weighted by Gasteiger charge is 2.14. The molecule has 0 bridgehead atoms. The van der Waals surface area contributed by atoms with Crippen molar-refractivity contribution in [2.75, 3.05) is 35.4 Å². The van der Waals surface area contributed by atoms with Crippen LogP contribution in [0.3, 0.4) is 0 Å². The van der Waals surface area contributed by atoms with Gasteiger partial charge in [0, 0.05) is 29.5 Å². The molecule has 0 aliphatic heterocycles. The Hall–Kier alpha value is -2.95. The number of aliphatic hydroxyl groups is 1. The number of carbonyl (C=O) groups excluding carboxylic acids is 1. The molecule has 2 amide bonds. The molecule has 0 aliphatic rings. The molecule has 7 nitrogen and oxygen atoms in total. The van der Waals surface area contributed by atoms with Crippen LogP contribution in [0.25, 0.3) is 11.4 Å². The van der Waals surface area contributed by atoms with Gasteiger partial charge in [0.05, 0.1) is 11.5 Å². The molecule has 31 heavy (non-hydrogen) atoms. The van der Waals surface area contributed by atoms with E-state index in [2.05, 4.69) is 25.9 Å². The predicted octanol–water partition coefficient (Wildman–Crippen LogP) is 4.85. The van der Waals surface area contributed by atoms with Crippen molar-refractivity contribution in [3.8, 4) is 11.4 Å². The van der Waals surface area contributed by atoms with Crippen LogP contribution in [-0.4, -0.2) is 40.5 Å². The maximum Gasteiger partial charge on any atom is 0.323 e. The molecule has 2 aromatic carbocycles. The molecule has 0 saturated heterocycles. The van der Waals surface area contributed by atoms with Crippen LogP contribution in [0, 0.1) is 11.6 Å². The predicted molar refractivity (Wildman–Crippen MR) is 119 cm³/mol. The number of hydrogen-bond acceptors (Lipinski definition) is 6. The Bertz CT molecular complexity index is 1090. The quantitative estimate of drug-likeness (QED) is 0.294. The molecule has 0 fully saturated rings. The normalized spacial score (nSPS) is 10.6. The Labute approximate surface area is 186 Å². The van der Waals surface area contributed by atoms with E-state index in [1.54, 1.807) is 24.3 Å². The molecular formula is C20H18ClF2N5O2S. The number of halogens is 3. The van der Waals surface area contributed by atoms with Gasteiger partial charge < -0.3 is 21.1 Å². The van der Waals surface area contributed by atoms with Crippen molar-refractivity contribution in [3.05, 3.63) is 59.3 Å². The van der Waals surface area contributed by atoms with E-state index in [0.717, 1.165) is 12.1 Å². The van der Waals surface area contributed by atoms with E-state index in [0.29, 0.717) is 34.3 Å². The zero-order valence-electron chi connectivity index (χ0n) is 16.2. The lowest BCUT2D eigenvalue weighted by molar-refractivity contribution is 0.262. The molecule has 0 aliphatic carbocycles. The van der Waals surface area contributed by atoms with Crippen molar-refractivity contribution in [1.82, 2.24) is 9.97 Å². The summed E-state index contributed by atoms with van der Waals surface area (Å²) >= 11 is 7.66. The van der Waals surface area contributed by atoms with Crippen molar-refractivity contribution < 1.29 is 18.7 Å². The lowest BCUT2D eigenvalue weighted by Crippen LogP contribution is -2.19. The van der Waals surface area contributed by atoms with Crippen LogP contribution in [0.15, 0.2) is 47.4 Å². The Balaban J connectivity index is 1.73. The fraction of sp³-hybridized carbons (Fsp3) is 0.150. The minimum Gasteiger partial charge on any atom is -0.395 e. The van der Waals surface area contributed by atoms with Gasteiger partial charge in [-0.2, -0.15) is 0 Å².